The van der Waals surface area contributed by atoms with E-state index >= 15 is 0 Å². The molecule has 2 aromatic carbocycles. The fourth-order valence-corrected chi connectivity index (χ4v) is 3.48. The number of hydrogen-bond donors (Lipinski definition) is 1. The van der Waals surface area contributed by atoms with E-state index in [0.29, 0.717) is 31.7 Å². The zero-order chi connectivity index (χ0) is 20.3. The number of aliphatic hydroxyl groups excluding tert-OH is 1. The molecule has 3 rings (SSSR count). The van der Waals surface area contributed by atoms with Crippen LogP contribution in [0.4, 0.5) is 18.9 Å². The van der Waals surface area contributed by atoms with Gasteiger partial charge in [0.25, 0.3) is 0 Å². The number of rotatable bonds is 5. The van der Waals surface area contributed by atoms with Gasteiger partial charge in [-0.15, -0.1) is 0 Å². The van der Waals surface area contributed by atoms with Crippen molar-refractivity contribution >= 4 is 11.5 Å². The summed E-state index contributed by atoms with van der Waals surface area (Å²) >= 11 is 0. The molecular formula is C21H23F3N2O2. The lowest BCUT2D eigenvalue weighted by molar-refractivity contribution is -0.139. The second-order valence-corrected chi connectivity index (χ2v) is 6.99. The van der Waals surface area contributed by atoms with E-state index in [1.54, 1.807) is 12.1 Å². The predicted octanol–water partition coefficient (Wildman–Crippen LogP) is 3.76. The molecule has 0 bridgehead atoms. The number of benzene rings is 2. The molecule has 2 aromatic rings. The van der Waals surface area contributed by atoms with Gasteiger partial charge in [0.1, 0.15) is 0 Å². The molecule has 1 aliphatic rings. The molecule has 1 fully saturated rings. The molecule has 4 nitrogen and oxygen atoms in total. The van der Waals surface area contributed by atoms with Crippen molar-refractivity contribution in [2.75, 3.05) is 37.6 Å². The molecule has 0 radical (unpaired) electrons. The highest BCUT2D eigenvalue weighted by molar-refractivity contribution is 5.94. The summed E-state index contributed by atoms with van der Waals surface area (Å²) in [5.41, 5.74) is 0.797. The quantitative estimate of drug-likeness (QED) is 0.787. The Bertz CT molecular complexity index is 813. The second kappa shape index (κ2) is 8.32. The van der Waals surface area contributed by atoms with Crippen molar-refractivity contribution in [2.24, 2.45) is 0 Å². The minimum Gasteiger partial charge on any atom is -0.387 e. The molecule has 0 amide bonds. The van der Waals surface area contributed by atoms with Gasteiger partial charge in [0.2, 0.25) is 0 Å². The molecule has 1 heterocycles. The highest BCUT2D eigenvalue weighted by Crippen LogP contribution is 2.34. The standard InChI is InChI=1S/C21H23F3N2O2/c1-15(27)16-6-8-17(9-7-16)26-12-10-25(11-13-26)14-20(28)18-4-2-3-5-19(18)21(22,23)24/h2-9,20,28H,10-14H2,1H3/t20-/m0/s1. The number of Topliss-reactive ketones (excluding diaryl/α,β-unsaturated/α-hetero) is 1. The molecule has 1 saturated heterocycles. The van der Waals surface area contributed by atoms with Crippen LogP contribution in [-0.2, 0) is 6.18 Å². The van der Waals surface area contributed by atoms with Crippen LogP contribution in [0.15, 0.2) is 48.5 Å². The van der Waals surface area contributed by atoms with Crippen LogP contribution in [0.3, 0.4) is 0 Å². The van der Waals surface area contributed by atoms with Crippen LogP contribution in [0, 0.1) is 0 Å². The number of piperazine rings is 1. The lowest BCUT2D eigenvalue weighted by Gasteiger charge is -2.37. The van der Waals surface area contributed by atoms with Gasteiger partial charge in [-0.05, 0) is 42.8 Å². The van der Waals surface area contributed by atoms with Crippen LogP contribution in [0.5, 0.6) is 0 Å². The number of ketones is 1. The van der Waals surface area contributed by atoms with Gasteiger partial charge in [0.15, 0.2) is 5.78 Å². The van der Waals surface area contributed by atoms with Crippen molar-refractivity contribution in [3.63, 3.8) is 0 Å². The average Bonchev–Trinajstić information content (AvgIpc) is 2.68. The van der Waals surface area contributed by atoms with Crippen LogP contribution >= 0.6 is 0 Å². The topological polar surface area (TPSA) is 43.8 Å². The van der Waals surface area contributed by atoms with E-state index in [1.807, 2.05) is 17.0 Å². The van der Waals surface area contributed by atoms with Gasteiger partial charge >= 0.3 is 6.18 Å². The number of hydrogen-bond acceptors (Lipinski definition) is 4. The first-order valence-electron chi connectivity index (χ1n) is 9.18. The number of alkyl halides is 3. The molecule has 0 spiro atoms. The fraction of sp³-hybridized carbons (Fsp3) is 0.381. The van der Waals surface area contributed by atoms with Crippen LogP contribution in [0.1, 0.15) is 34.5 Å². The van der Waals surface area contributed by atoms with E-state index in [4.69, 9.17) is 0 Å². The Labute approximate surface area is 162 Å². The first-order chi connectivity index (χ1) is 13.3. The molecule has 0 aliphatic carbocycles. The molecular weight excluding hydrogens is 369 g/mol. The summed E-state index contributed by atoms with van der Waals surface area (Å²) in [6.07, 6.45) is -5.68. The lowest BCUT2D eigenvalue weighted by Crippen LogP contribution is -2.47. The predicted molar refractivity (Wildman–Crippen MR) is 102 cm³/mol. The van der Waals surface area contributed by atoms with Crippen molar-refractivity contribution in [2.45, 2.75) is 19.2 Å². The maximum absolute atomic E-state index is 13.2. The molecule has 1 aliphatic heterocycles. The Morgan fingerprint density at radius 3 is 2.21 bits per heavy atom. The van der Waals surface area contributed by atoms with Crippen molar-refractivity contribution < 1.29 is 23.1 Å². The van der Waals surface area contributed by atoms with Crippen LogP contribution in [0.2, 0.25) is 0 Å². The Balaban J connectivity index is 1.59. The van der Waals surface area contributed by atoms with Gasteiger partial charge < -0.3 is 10.0 Å². The van der Waals surface area contributed by atoms with Gasteiger partial charge in [-0.25, -0.2) is 0 Å². The van der Waals surface area contributed by atoms with Gasteiger partial charge in [0, 0.05) is 44.0 Å². The van der Waals surface area contributed by atoms with Crippen molar-refractivity contribution in [1.29, 1.82) is 0 Å². The van der Waals surface area contributed by atoms with Crippen molar-refractivity contribution in [3.8, 4) is 0 Å². The minimum absolute atomic E-state index is 0.0181. The van der Waals surface area contributed by atoms with E-state index in [2.05, 4.69) is 4.90 Å². The molecule has 150 valence electrons. The highest BCUT2D eigenvalue weighted by atomic mass is 19.4. The summed E-state index contributed by atoms with van der Waals surface area (Å²) in [7, 11) is 0. The normalized spacial score (nSPS) is 16.8. The summed E-state index contributed by atoms with van der Waals surface area (Å²) in [6, 6.07) is 12.6. The number of aliphatic hydroxyl groups is 1. The highest BCUT2D eigenvalue weighted by Gasteiger charge is 2.35. The largest absolute Gasteiger partial charge is 0.416 e. The monoisotopic (exact) mass is 392 g/mol. The van der Waals surface area contributed by atoms with Crippen LogP contribution < -0.4 is 4.90 Å². The first-order valence-corrected chi connectivity index (χ1v) is 9.18. The summed E-state index contributed by atoms with van der Waals surface area (Å²) in [6.45, 7) is 4.36. The average molecular weight is 392 g/mol. The number of carbonyl (C=O) groups excluding carboxylic acids is 1. The summed E-state index contributed by atoms with van der Waals surface area (Å²) in [5.74, 6) is 0.0181. The number of β-amino-alcohol motifs (C(OH)–C–C–N with tert-alkyl or cyclic N) is 1. The van der Waals surface area contributed by atoms with Gasteiger partial charge in [-0.1, -0.05) is 18.2 Å². The van der Waals surface area contributed by atoms with Crippen molar-refractivity contribution in [1.82, 2.24) is 4.90 Å². The number of halogens is 3. The SMILES string of the molecule is CC(=O)c1ccc(N2CCN(C[C@H](O)c3ccccc3C(F)(F)F)CC2)cc1. The Morgan fingerprint density at radius 2 is 1.64 bits per heavy atom. The Morgan fingerprint density at radius 1 is 1.04 bits per heavy atom. The molecule has 0 saturated carbocycles. The van der Waals surface area contributed by atoms with Gasteiger partial charge in [0.05, 0.1) is 11.7 Å². The Hall–Kier alpha value is -2.38. The van der Waals surface area contributed by atoms with E-state index in [0.717, 1.165) is 11.8 Å². The van der Waals surface area contributed by atoms with E-state index in [-0.39, 0.29) is 17.9 Å². The second-order valence-electron chi connectivity index (χ2n) is 6.99. The van der Waals surface area contributed by atoms with E-state index in [1.165, 1.54) is 25.1 Å². The van der Waals surface area contributed by atoms with E-state index < -0.39 is 17.8 Å². The minimum atomic E-state index is -4.48. The zero-order valence-electron chi connectivity index (χ0n) is 15.6. The molecule has 1 N–H and O–H groups in total. The molecule has 0 unspecified atom stereocenters. The molecule has 0 aromatic heterocycles. The molecule has 1 atom stereocenters. The number of carbonyl (C=O) groups is 1. The van der Waals surface area contributed by atoms with Gasteiger partial charge in [-0.2, -0.15) is 13.2 Å². The number of nitrogens with zero attached hydrogens (tertiary/aromatic N) is 2. The van der Waals surface area contributed by atoms with Crippen LogP contribution in [0.25, 0.3) is 0 Å². The zero-order valence-corrected chi connectivity index (χ0v) is 15.6. The lowest BCUT2D eigenvalue weighted by atomic mass is 10.0. The smallest absolute Gasteiger partial charge is 0.387 e. The van der Waals surface area contributed by atoms with Crippen molar-refractivity contribution in [3.05, 3.63) is 65.2 Å². The van der Waals surface area contributed by atoms with Gasteiger partial charge in [-0.3, -0.25) is 9.69 Å². The molecule has 28 heavy (non-hydrogen) atoms. The summed E-state index contributed by atoms with van der Waals surface area (Å²) in [5, 5.41) is 10.4. The molecule has 7 heteroatoms. The third-order valence-electron chi connectivity index (χ3n) is 5.07. The Kier molecular flexibility index (Phi) is 6.05. The maximum Gasteiger partial charge on any atom is 0.416 e. The first kappa shape index (κ1) is 20.4. The van der Waals surface area contributed by atoms with E-state index in [9.17, 15) is 23.1 Å². The maximum atomic E-state index is 13.2. The third-order valence-corrected chi connectivity index (χ3v) is 5.07. The summed E-state index contributed by atoms with van der Waals surface area (Å²) in [4.78, 5) is 15.5. The number of anilines is 1. The third kappa shape index (κ3) is 4.72. The fourth-order valence-electron chi connectivity index (χ4n) is 3.48. The van der Waals surface area contributed by atoms with Crippen LogP contribution in [-0.4, -0.2) is 48.5 Å². The summed E-state index contributed by atoms with van der Waals surface area (Å²) < 4.78 is 39.5.